The first-order chi connectivity index (χ1) is 30.2. The summed E-state index contributed by atoms with van der Waals surface area (Å²) >= 11 is 0. The van der Waals surface area contributed by atoms with Gasteiger partial charge in [-0.3, -0.25) is 20.2 Å². The molecule has 0 aliphatic carbocycles. The Balaban J connectivity index is 0.962. The van der Waals surface area contributed by atoms with Crippen LogP contribution in [-0.2, 0) is 6.54 Å². The molecule has 15 heteroatoms. The summed E-state index contributed by atoms with van der Waals surface area (Å²) in [5.74, 6) is 1.55. The Morgan fingerprint density at radius 2 is 0.919 bits per heavy atom. The summed E-state index contributed by atoms with van der Waals surface area (Å²) in [6.45, 7) is 12.7. The number of rotatable bonds is 20. The fourth-order valence-corrected chi connectivity index (χ4v) is 7.03. The molecule has 0 aliphatic rings. The van der Waals surface area contributed by atoms with Gasteiger partial charge in [0.1, 0.15) is 24.7 Å². The molecular formula is C47H45N9O6. The topological polar surface area (TPSA) is 166 Å². The van der Waals surface area contributed by atoms with E-state index >= 15 is 0 Å². The lowest BCUT2D eigenvalue weighted by molar-refractivity contribution is -0.385. The Morgan fingerprint density at radius 3 is 1.24 bits per heavy atom. The third kappa shape index (κ3) is 10.3. The Bertz CT molecular complexity index is 2530. The maximum Gasteiger partial charge on any atom is 0.269 e. The molecule has 0 radical (unpaired) electrons. The molecule has 0 saturated carbocycles. The van der Waals surface area contributed by atoms with Gasteiger partial charge in [-0.25, -0.2) is 0 Å². The largest absolute Gasteiger partial charge is 0.492 e. The van der Waals surface area contributed by atoms with Crippen molar-refractivity contribution in [2.45, 2.75) is 20.4 Å². The van der Waals surface area contributed by atoms with Crippen LogP contribution in [0.1, 0.15) is 13.8 Å². The highest BCUT2D eigenvalue weighted by Gasteiger charge is 2.14. The Labute approximate surface area is 358 Å². The average molecular weight is 832 g/mol. The van der Waals surface area contributed by atoms with Crippen LogP contribution in [-0.4, -0.2) is 53.8 Å². The summed E-state index contributed by atoms with van der Waals surface area (Å²) in [4.78, 5) is 25.4. The predicted molar refractivity (Wildman–Crippen MR) is 244 cm³/mol. The zero-order valence-corrected chi connectivity index (χ0v) is 34.4. The third-order valence-corrected chi connectivity index (χ3v) is 10.3. The van der Waals surface area contributed by atoms with Crippen LogP contribution in [0.5, 0.6) is 11.5 Å². The van der Waals surface area contributed by atoms with E-state index in [9.17, 15) is 20.2 Å². The Hall–Kier alpha value is -7.94. The Morgan fingerprint density at radius 1 is 0.565 bits per heavy atom. The smallest absolute Gasteiger partial charge is 0.269 e. The minimum Gasteiger partial charge on any atom is -0.492 e. The van der Waals surface area contributed by atoms with Crippen LogP contribution in [0.4, 0.5) is 45.5 Å². The van der Waals surface area contributed by atoms with Crippen molar-refractivity contribution in [3.63, 3.8) is 0 Å². The fraction of sp³-hybridized carbons (Fsp3) is 0.191. The van der Waals surface area contributed by atoms with Crippen LogP contribution < -0.4 is 19.3 Å². The van der Waals surface area contributed by atoms with Crippen LogP contribution in [0.2, 0.25) is 0 Å². The number of nitro groups is 2. The van der Waals surface area contributed by atoms with Crippen molar-refractivity contribution in [2.24, 2.45) is 20.5 Å². The maximum atomic E-state index is 10.9. The number of nitrogens with zero attached hydrogens (tertiary/aromatic N) is 9. The normalized spacial score (nSPS) is 11.4. The van der Waals surface area contributed by atoms with E-state index in [2.05, 4.69) is 79.5 Å². The highest BCUT2D eigenvalue weighted by atomic mass is 16.6. The lowest BCUT2D eigenvalue weighted by atomic mass is 10.1. The summed E-state index contributed by atoms with van der Waals surface area (Å²) in [7, 11) is 0. The molecular weight excluding hydrogens is 787 g/mol. The van der Waals surface area contributed by atoms with E-state index < -0.39 is 9.85 Å². The second kappa shape index (κ2) is 19.9. The van der Waals surface area contributed by atoms with E-state index in [1.807, 2.05) is 66.7 Å². The zero-order valence-electron chi connectivity index (χ0n) is 34.4. The second-order valence-corrected chi connectivity index (χ2v) is 14.1. The summed E-state index contributed by atoms with van der Waals surface area (Å²) in [6, 6.07) is 39.8. The van der Waals surface area contributed by atoms with E-state index in [4.69, 9.17) is 9.47 Å². The highest BCUT2D eigenvalue weighted by molar-refractivity contribution is 6.09. The molecule has 6 aromatic carbocycles. The molecule has 0 N–H and O–H groups in total. The van der Waals surface area contributed by atoms with Crippen LogP contribution in [0, 0.1) is 20.2 Å². The van der Waals surface area contributed by atoms with Gasteiger partial charge < -0.3 is 23.8 Å². The van der Waals surface area contributed by atoms with E-state index in [0.717, 1.165) is 57.8 Å². The number of benzene rings is 6. The maximum absolute atomic E-state index is 10.9. The van der Waals surface area contributed by atoms with Crippen molar-refractivity contribution in [3.8, 4) is 11.5 Å². The first kappa shape index (κ1) is 42.2. The minimum atomic E-state index is -0.445. The number of aromatic nitrogens is 1. The molecule has 0 atom stereocenters. The highest BCUT2D eigenvalue weighted by Crippen LogP contribution is 2.35. The predicted octanol–water partition coefficient (Wildman–Crippen LogP) is 12.4. The number of non-ortho nitro benzene ring substituents is 2. The van der Waals surface area contributed by atoms with Crippen molar-refractivity contribution in [3.05, 3.63) is 166 Å². The van der Waals surface area contributed by atoms with Gasteiger partial charge in [-0.15, -0.1) is 6.58 Å². The molecule has 314 valence electrons. The summed E-state index contributed by atoms with van der Waals surface area (Å²) < 4.78 is 14.9. The van der Waals surface area contributed by atoms with E-state index in [-0.39, 0.29) is 11.4 Å². The number of nitro benzene ring substituents is 2. The van der Waals surface area contributed by atoms with Crippen molar-refractivity contribution in [2.75, 3.05) is 49.2 Å². The van der Waals surface area contributed by atoms with Crippen molar-refractivity contribution in [1.29, 1.82) is 0 Å². The zero-order chi connectivity index (χ0) is 43.4. The average Bonchev–Trinajstić information content (AvgIpc) is 3.60. The molecule has 0 bridgehead atoms. The number of hydrogen-bond acceptors (Lipinski definition) is 12. The number of azo groups is 2. The molecule has 0 spiro atoms. The number of ether oxygens (including phenoxy) is 2. The second-order valence-electron chi connectivity index (χ2n) is 14.1. The molecule has 0 fully saturated rings. The van der Waals surface area contributed by atoms with Gasteiger partial charge in [-0.1, -0.05) is 6.08 Å². The van der Waals surface area contributed by atoms with Gasteiger partial charge in [0.15, 0.2) is 0 Å². The molecule has 0 amide bonds. The van der Waals surface area contributed by atoms with Gasteiger partial charge in [-0.05, 0) is 123 Å². The lowest BCUT2D eigenvalue weighted by Gasteiger charge is -2.23. The van der Waals surface area contributed by atoms with Gasteiger partial charge in [0, 0.05) is 77.1 Å². The molecule has 0 saturated heterocycles. The van der Waals surface area contributed by atoms with Crippen LogP contribution in [0.25, 0.3) is 21.8 Å². The molecule has 7 aromatic rings. The van der Waals surface area contributed by atoms with Crippen molar-refractivity contribution < 1.29 is 19.3 Å². The molecule has 7 rings (SSSR count). The summed E-state index contributed by atoms with van der Waals surface area (Å²) in [6.07, 6.45) is 1.90. The van der Waals surface area contributed by atoms with Crippen LogP contribution in [0.3, 0.4) is 0 Å². The van der Waals surface area contributed by atoms with E-state index in [1.54, 1.807) is 24.3 Å². The molecule has 1 heterocycles. The van der Waals surface area contributed by atoms with Gasteiger partial charge >= 0.3 is 0 Å². The number of allylic oxidation sites excluding steroid dienone is 1. The third-order valence-electron chi connectivity index (χ3n) is 10.3. The first-order valence-corrected chi connectivity index (χ1v) is 20.2. The quantitative estimate of drug-likeness (QED) is 0.0317. The van der Waals surface area contributed by atoms with E-state index in [1.165, 1.54) is 24.3 Å². The fourth-order valence-electron chi connectivity index (χ4n) is 7.03. The molecule has 0 unspecified atom stereocenters. The van der Waals surface area contributed by atoms with Gasteiger partial charge in [0.2, 0.25) is 0 Å². The molecule has 15 nitrogen and oxygen atoms in total. The number of anilines is 2. The molecule has 1 aromatic heterocycles. The number of likely N-dealkylation sites (N-methyl/N-ethyl adjacent to an activating group) is 2. The summed E-state index contributed by atoms with van der Waals surface area (Å²) in [5, 5.41) is 40.9. The van der Waals surface area contributed by atoms with Crippen molar-refractivity contribution in [1.82, 2.24) is 4.57 Å². The first-order valence-electron chi connectivity index (χ1n) is 20.2. The number of hydrogen-bond donors (Lipinski definition) is 0. The van der Waals surface area contributed by atoms with Crippen LogP contribution in [0.15, 0.2) is 167 Å². The summed E-state index contributed by atoms with van der Waals surface area (Å²) in [5.41, 5.74) is 6.65. The van der Waals surface area contributed by atoms with E-state index in [0.29, 0.717) is 55.6 Å². The number of fused-ring (bicyclic) bond motifs is 3. The Kier molecular flexibility index (Phi) is 13.5. The van der Waals surface area contributed by atoms with Gasteiger partial charge in [-0.2, -0.15) is 20.5 Å². The molecule has 62 heavy (non-hydrogen) atoms. The van der Waals surface area contributed by atoms with Gasteiger partial charge in [0.25, 0.3) is 11.4 Å². The van der Waals surface area contributed by atoms with Crippen LogP contribution >= 0.6 is 0 Å². The SMILES string of the molecule is C=CCn1c2ccc(OCCN(CC)c3ccc(N=Nc4ccc([N+](=O)[O-])cc4)cc3)cc2c2cc(OCCN(CC)c3ccc(N=Nc4ccc([N+](=O)[O-])cc4)cc3)ccc21. The monoisotopic (exact) mass is 831 g/mol. The minimum absolute atomic E-state index is 0.00829. The van der Waals surface area contributed by atoms with Gasteiger partial charge in [0.05, 0.1) is 45.7 Å². The van der Waals surface area contributed by atoms with Crippen molar-refractivity contribution >= 4 is 67.3 Å². The standard InChI is InChI=1S/C47H45N9O6/c1-4-27-54-46-25-23-42(61-30-28-52(5-2)38-15-7-34(8-16-38)48-50-36-11-19-40(20-12-36)55(57)58)32-44(46)45-33-43(24-26-47(45)54)62-31-29-53(6-3)39-17-9-35(10-18-39)49-51-37-13-21-41(22-14-37)56(59)60/h4,7-26,32-33H,1,5-6,27-31H2,2-3H3. The lowest BCUT2D eigenvalue weighted by Crippen LogP contribution is -2.27. The molecule has 0 aliphatic heterocycles.